The molecule has 0 bridgehead atoms. The highest BCUT2D eigenvalue weighted by Crippen LogP contribution is 2.39. The number of benzene rings is 1. The lowest BCUT2D eigenvalue weighted by Crippen LogP contribution is -2.41. The van der Waals surface area contributed by atoms with Gasteiger partial charge in [-0.15, -0.1) is 0 Å². The second-order valence-electron chi connectivity index (χ2n) is 9.97. The molecule has 0 radical (unpaired) electrons. The summed E-state index contributed by atoms with van der Waals surface area (Å²) in [5, 5.41) is 6.29. The molecule has 226 valence electrons. The van der Waals surface area contributed by atoms with E-state index in [9.17, 15) is 35.9 Å². The molecule has 1 aromatic carbocycles. The molecule has 0 aliphatic carbocycles. The number of amides is 2. The van der Waals surface area contributed by atoms with Crippen molar-refractivity contribution in [1.82, 2.24) is 29.8 Å². The van der Waals surface area contributed by atoms with Crippen LogP contribution < -0.4 is 11.1 Å². The average molecular weight is 608 g/mol. The molecule has 43 heavy (non-hydrogen) atoms. The lowest BCUT2D eigenvalue weighted by atomic mass is 10.0. The van der Waals surface area contributed by atoms with Crippen LogP contribution in [0.2, 0.25) is 0 Å². The van der Waals surface area contributed by atoms with E-state index in [1.807, 2.05) is 0 Å². The minimum atomic E-state index is -5.06. The molecule has 0 saturated carbocycles. The molecule has 2 unspecified atom stereocenters. The fourth-order valence-corrected chi connectivity index (χ4v) is 4.85. The Morgan fingerprint density at radius 1 is 1.05 bits per heavy atom. The van der Waals surface area contributed by atoms with Gasteiger partial charge in [-0.25, -0.2) is 14.3 Å². The van der Waals surface area contributed by atoms with Crippen LogP contribution in [-0.2, 0) is 23.7 Å². The minimum absolute atomic E-state index is 0.00995. The van der Waals surface area contributed by atoms with Gasteiger partial charge in [0.1, 0.15) is 18.5 Å². The molecule has 4 aromatic rings. The molecule has 10 nitrogen and oxygen atoms in total. The zero-order valence-corrected chi connectivity index (χ0v) is 22.3. The number of halogens is 6. The van der Waals surface area contributed by atoms with Crippen molar-refractivity contribution in [3.05, 3.63) is 77.4 Å². The van der Waals surface area contributed by atoms with Crippen LogP contribution in [0, 0.1) is 5.92 Å². The number of ether oxygens (including phenoxy) is 1. The lowest BCUT2D eigenvalue weighted by Gasteiger charge is -2.19. The number of fused-ring (bicyclic) bond motifs is 1. The Balaban J connectivity index is 1.42. The fraction of sp³-hybridized carbons (Fsp3) is 0.296. The van der Waals surface area contributed by atoms with Crippen molar-refractivity contribution in [3.63, 3.8) is 0 Å². The number of nitrogen functional groups attached to an aromatic ring is 1. The van der Waals surface area contributed by atoms with Gasteiger partial charge in [-0.3, -0.25) is 9.78 Å². The maximum absolute atomic E-state index is 13.9. The number of nitrogens with zero attached hydrogens (tertiary/aromatic N) is 5. The van der Waals surface area contributed by atoms with Crippen LogP contribution in [0.1, 0.15) is 34.1 Å². The normalized spacial score (nSPS) is 17.3. The number of rotatable bonds is 5. The van der Waals surface area contributed by atoms with Gasteiger partial charge in [0.15, 0.2) is 11.5 Å². The molecule has 1 aliphatic heterocycles. The molecule has 1 saturated heterocycles. The van der Waals surface area contributed by atoms with Crippen molar-refractivity contribution in [3.8, 4) is 11.3 Å². The second kappa shape index (κ2) is 11.1. The number of pyridine rings is 1. The first-order chi connectivity index (χ1) is 20.2. The summed E-state index contributed by atoms with van der Waals surface area (Å²) in [7, 11) is 0. The van der Waals surface area contributed by atoms with Crippen molar-refractivity contribution in [1.29, 1.82) is 0 Å². The van der Waals surface area contributed by atoms with Crippen molar-refractivity contribution in [2.45, 2.75) is 31.9 Å². The van der Waals surface area contributed by atoms with Crippen LogP contribution in [-0.4, -0.2) is 55.6 Å². The number of carbonyl (C=O) groups is 2. The maximum atomic E-state index is 13.9. The number of aromatic nitrogens is 4. The van der Waals surface area contributed by atoms with Gasteiger partial charge in [-0.1, -0.05) is 37.3 Å². The van der Waals surface area contributed by atoms with Crippen molar-refractivity contribution < 1.29 is 40.7 Å². The molecular formula is C27H23F6N7O3. The summed E-state index contributed by atoms with van der Waals surface area (Å²) in [6, 6.07) is 9.59. The van der Waals surface area contributed by atoms with Crippen LogP contribution in [0.3, 0.4) is 0 Å². The Hall–Kier alpha value is -4.89. The molecule has 3 N–H and O–H groups in total. The Labute approximate surface area is 239 Å². The van der Waals surface area contributed by atoms with E-state index < -0.39 is 58.6 Å². The number of alkyl halides is 6. The van der Waals surface area contributed by atoms with Crippen molar-refractivity contribution in [2.75, 3.05) is 18.8 Å². The summed E-state index contributed by atoms with van der Waals surface area (Å²) in [6.45, 7) is 1.84. The molecule has 2 amide bonds. The molecule has 1 aliphatic rings. The fourth-order valence-electron chi connectivity index (χ4n) is 4.85. The van der Waals surface area contributed by atoms with E-state index >= 15 is 0 Å². The molecule has 0 spiro atoms. The highest BCUT2D eigenvalue weighted by Gasteiger charge is 2.41. The predicted molar refractivity (Wildman–Crippen MR) is 139 cm³/mol. The van der Waals surface area contributed by atoms with Crippen LogP contribution in [0.5, 0.6) is 0 Å². The van der Waals surface area contributed by atoms with E-state index in [1.54, 1.807) is 37.3 Å². The second-order valence-corrected chi connectivity index (χ2v) is 9.97. The summed E-state index contributed by atoms with van der Waals surface area (Å²) < 4.78 is 89.0. The zero-order chi connectivity index (χ0) is 31.1. The molecule has 3 aromatic heterocycles. The first-order valence-corrected chi connectivity index (χ1v) is 12.8. The average Bonchev–Trinajstić information content (AvgIpc) is 3.53. The highest BCUT2D eigenvalue weighted by molar-refractivity contribution is 5.97. The van der Waals surface area contributed by atoms with Gasteiger partial charge in [0, 0.05) is 24.8 Å². The minimum Gasteiger partial charge on any atom is -0.445 e. The van der Waals surface area contributed by atoms with Gasteiger partial charge in [0.05, 0.1) is 22.9 Å². The Morgan fingerprint density at radius 2 is 1.77 bits per heavy atom. The standard InChI is InChI=1S/C27H23F6N7O3/c1-14-10-39(25(42)43-12-15-5-3-2-4-6-15)11-19(14)38-24(41)17-7-16(9-35-22(17)27(31,32)33)20-8-18(26(28,29)30)21-23(34)36-13-37-40(20)21/h2-9,13-14,19H,10-12H2,1H3,(H,38,41)(H2,34,36,37). The largest absolute Gasteiger partial charge is 0.445 e. The Kier molecular flexibility index (Phi) is 7.62. The number of hydrogen-bond donors (Lipinski definition) is 2. The van der Waals surface area contributed by atoms with Gasteiger partial charge < -0.3 is 20.7 Å². The molecule has 2 atom stereocenters. The number of hydrogen-bond acceptors (Lipinski definition) is 7. The van der Waals surface area contributed by atoms with Crippen LogP contribution in [0.4, 0.5) is 37.0 Å². The van der Waals surface area contributed by atoms with E-state index in [4.69, 9.17) is 10.5 Å². The molecule has 5 rings (SSSR count). The van der Waals surface area contributed by atoms with E-state index in [1.165, 1.54) is 4.90 Å². The summed E-state index contributed by atoms with van der Waals surface area (Å²) in [6.07, 6.45) is -9.04. The van der Waals surface area contributed by atoms with E-state index in [2.05, 4.69) is 20.4 Å². The summed E-state index contributed by atoms with van der Waals surface area (Å²) >= 11 is 0. The van der Waals surface area contributed by atoms with E-state index in [0.29, 0.717) is 12.3 Å². The number of anilines is 1. The topological polar surface area (TPSA) is 128 Å². The summed E-state index contributed by atoms with van der Waals surface area (Å²) in [5.74, 6) is -2.04. The number of carbonyl (C=O) groups excluding carboxylic acids is 2. The van der Waals surface area contributed by atoms with E-state index in [-0.39, 0.29) is 36.9 Å². The summed E-state index contributed by atoms with van der Waals surface area (Å²) in [5.41, 5.74) is 1.56. The summed E-state index contributed by atoms with van der Waals surface area (Å²) in [4.78, 5) is 34.1. The number of nitrogens with two attached hydrogens (primary N) is 1. The third-order valence-electron chi connectivity index (χ3n) is 6.98. The first kappa shape index (κ1) is 29.6. The van der Waals surface area contributed by atoms with Crippen molar-refractivity contribution in [2.24, 2.45) is 5.92 Å². The number of likely N-dealkylation sites (tertiary alicyclic amines) is 1. The van der Waals surface area contributed by atoms with Gasteiger partial charge in [0.2, 0.25) is 0 Å². The number of nitrogens with one attached hydrogen (secondary N) is 1. The Morgan fingerprint density at radius 3 is 2.44 bits per heavy atom. The Bertz CT molecular complexity index is 1670. The first-order valence-electron chi connectivity index (χ1n) is 12.8. The smallest absolute Gasteiger partial charge is 0.434 e. The molecule has 16 heteroatoms. The molecule has 4 heterocycles. The predicted octanol–water partition coefficient (Wildman–Crippen LogP) is 4.80. The van der Waals surface area contributed by atoms with Gasteiger partial charge in [0.25, 0.3) is 5.91 Å². The van der Waals surface area contributed by atoms with E-state index in [0.717, 1.165) is 22.5 Å². The zero-order valence-electron chi connectivity index (χ0n) is 22.3. The van der Waals surface area contributed by atoms with Crippen LogP contribution >= 0.6 is 0 Å². The third-order valence-corrected chi connectivity index (χ3v) is 6.98. The quantitative estimate of drug-likeness (QED) is 0.312. The SMILES string of the molecule is CC1CN(C(=O)OCc2ccccc2)CC1NC(=O)c1cc(-c2cc(C(F)(F)F)c3c(N)ncnn23)cnc1C(F)(F)F. The lowest BCUT2D eigenvalue weighted by molar-refractivity contribution is -0.141. The monoisotopic (exact) mass is 607 g/mol. The van der Waals surface area contributed by atoms with Gasteiger partial charge >= 0.3 is 18.4 Å². The third kappa shape index (κ3) is 6.03. The van der Waals surface area contributed by atoms with Crippen LogP contribution in [0.15, 0.2) is 55.0 Å². The highest BCUT2D eigenvalue weighted by atomic mass is 19.4. The van der Waals surface area contributed by atoms with Crippen molar-refractivity contribution >= 4 is 23.3 Å². The maximum Gasteiger partial charge on any atom is 0.434 e. The van der Waals surface area contributed by atoms with Gasteiger partial charge in [-0.2, -0.15) is 31.4 Å². The molecular weight excluding hydrogens is 584 g/mol. The van der Waals surface area contributed by atoms with Gasteiger partial charge in [-0.05, 0) is 23.6 Å². The van der Waals surface area contributed by atoms with Crippen LogP contribution in [0.25, 0.3) is 16.8 Å². The molecule has 1 fully saturated rings.